The molecule has 2 aromatic rings. The summed E-state index contributed by atoms with van der Waals surface area (Å²) in [6, 6.07) is 15.2. The highest BCUT2D eigenvalue weighted by Gasteiger charge is 2.18. The minimum absolute atomic E-state index is 0. The quantitative estimate of drug-likeness (QED) is 0.431. The predicted octanol–water partition coefficient (Wildman–Crippen LogP) is 3.72. The normalized spacial score (nSPS) is 13.1. The zero-order chi connectivity index (χ0) is 16.2. The van der Waals surface area contributed by atoms with E-state index in [4.69, 9.17) is 5.73 Å². The molecule has 1 aliphatic carbocycles. The van der Waals surface area contributed by atoms with E-state index < -0.39 is 0 Å². The first kappa shape index (κ1) is 18.0. The molecule has 3 rings (SSSR count). The predicted molar refractivity (Wildman–Crippen MR) is 104 cm³/mol. The number of hydrazone groups is 1. The SMILES string of the molecule is CCCC(=NNC(N)=NC)c1ccc2c(c1)Cc1ccccc1-2.Cl. The van der Waals surface area contributed by atoms with Gasteiger partial charge in [0.1, 0.15) is 0 Å². The molecule has 0 amide bonds. The van der Waals surface area contributed by atoms with Gasteiger partial charge in [0.05, 0.1) is 5.71 Å². The minimum Gasteiger partial charge on any atom is -0.369 e. The smallest absolute Gasteiger partial charge is 0.209 e. The molecule has 0 radical (unpaired) electrons. The van der Waals surface area contributed by atoms with E-state index in [9.17, 15) is 0 Å². The lowest BCUT2D eigenvalue weighted by Crippen LogP contribution is -2.28. The first-order valence-electron chi connectivity index (χ1n) is 7.99. The Labute approximate surface area is 149 Å². The van der Waals surface area contributed by atoms with Gasteiger partial charge in [-0.15, -0.1) is 12.4 Å². The molecule has 0 spiro atoms. The summed E-state index contributed by atoms with van der Waals surface area (Å²) in [5.74, 6) is 0.326. The summed E-state index contributed by atoms with van der Waals surface area (Å²) >= 11 is 0. The van der Waals surface area contributed by atoms with Gasteiger partial charge in [0.25, 0.3) is 0 Å². The fourth-order valence-electron chi connectivity index (χ4n) is 3.00. The highest BCUT2D eigenvalue weighted by atomic mass is 35.5. The standard InChI is InChI=1S/C19H22N4.ClH/c1-3-6-18(22-23-19(20)21-2)14-9-10-17-15(12-14)11-13-7-4-5-8-16(13)17;/h4-5,7-10,12H,3,6,11H2,1-2H3,(H3,20,21,23);1H. The van der Waals surface area contributed by atoms with Crippen LogP contribution >= 0.6 is 12.4 Å². The largest absolute Gasteiger partial charge is 0.369 e. The summed E-state index contributed by atoms with van der Waals surface area (Å²) in [5, 5.41) is 4.44. The molecule has 3 N–H and O–H groups in total. The summed E-state index contributed by atoms with van der Waals surface area (Å²) in [5.41, 5.74) is 16.1. The summed E-state index contributed by atoms with van der Waals surface area (Å²) in [4.78, 5) is 3.88. The van der Waals surface area contributed by atoms with Crippen molar-refractivity contribution in [3.05, 3.63) is 59.2 Å². The van der Waals surface area contributed by atoms with E-state index in [0.717, 1.165) is 30.5 Å². The van der Waals surface area contributed by atoms with Gasteiger partial charge in [0.2, 0.25) is 5.96 Å². The molecule has 0 aromatic heterocycles. The monoisotopic (exact) mass is 342 g/mol. The zero-order valence-electron chi connectivity index (χ0n) is 14.0. The molecular weight excluding hydrogens is 320 g/mol. The number of hydrogen-bond donors (Lipinski definition) is 2. The van der Waals surface area contributed by atoms with Crippen molar-refractivity contribution in [2.45, 2.75) is 26.2 Å². The van der Waals surface area contributed by atoms with Gasteiger partial charge in [-0.05, 0) is 46.7 Å². The fraction of sp³-hybridized carbons (Fsp3) is 0.263. The molecule has 2 aromatic carbocycles. The molecule has 0 heterocycles. The number of fused-ring (bicyclic) bond motifs is 3. The van der Waals surface area contributed by atoms with Crippen molar-refractivity contribution in [2.24, 2.45) is 15.8 Å². The van der Waals surface area contributed by atoms with Crippen LogP contribution in [0, 0.1) is 0 Å². The highest BCUT2D eigenvalue weighted by molar-refractivity contribution is 6.02. The maximum absolute atomic E-state index is 5.67. The van der Waals surface area contributed by atoms with Gasteiger partial charge < -0.3 is 5.73 Å². The third kappa shape index (κ3) is 3.60. The molecule has 0 bridgehead atoms. The van der Waals surface area contributed by atoms with E-state index in [-0.39, 0.29) is 12.4 Å². The van der Waals surface area contributed by atoms with E-state index in [1.807, 2.05) is 0 Å². The molecule has 0 saturated heterocycles. The molecule has 0 fully saturated rings. The van der Waals surface area contributed by atoms with Crippen LogP contribution in [0.15, 0.2) is 52.6 Å². The van der Waals surface area contributed by atoms with E-state index >= 15 is 0 Å². The minimum atomic E-state index is 0. The van der Waals surface area contributed by atoms with Gasteiger partial charge in [-0.3, -0.25) is 4.99 Å². The Morgan fingerprint density at radius 1 is 1.12 bits per heavy atom. The van der Waals surface area contributed by atoms with Crippen LogP contribution in [-0.2, 0) is 6.42 Å². The van der Waals surface area contributed by atoms with E-state index in [1.165, 1.54) is 22.3 Å². The third-order valence-corrected chi connectivity index (χ3v) is 4.16. The van der Waals surface area contributed by atoms with Crippen LogP contribution in [-0.4, -0.2) is 18.7 Å². The second-order valence-corrected chi connectivity index (χ2v) is 5.73. The van der Waals surface area contributed by atoms with Crippen LogP contribution in [0.1, 0.15) is 36.5 Å². The first-order valence-corrected chi connectivity index (χ1v) is 7.99. The van der Waals surface area contributed by atoms with Crippen molar-refractivity contribution in [1.82, 2.24) is 5.43 Å². The van der Waals surface area contributed by atoms with Gasteiger partial charge in [0, 0.05) is 7.05 Å². The molecule has 1 aliphatic rings. The summed E-state index contributed by atoms with van der Waals surface area (Å²) in [6.45, 7) is 2.15. The summed E-state index contributed by atoms with van der Waals surface area (Å²) in [7, 11) is 1.64. The van der Waals surface area contributed by atoms with Crippen molar-refractivity contribution in [3.63, 3.8) is 0 Å². The molecule has 0 aliphatic heterocycles. The van der Waals surface area contributed by atoms with E-state index in [1.54, 1.807) is 7.05 Å². The number of nitrogens with zero attached hydrogens (tertiary/aromatic N) is 2. The first-order chi connectivity index (χ1) is 11.2. The molecule has 0 unspecified atom stereocenters. The van der Waals surface area contributed by atoms with Gasteiger partial charge in [-0.2, -0.15) is 5.10 Å². The lowest BCUT2D eigenvalue weighted by molar-refractivity contribution is 0.940. The van der Waals surface area contributed by atoms with Gasteiger partial charge >= 0.3 is 0 Å². The van der Waals surface area contributed by atoms with E-state index in [2.05, 4.69) is 64.9 Å². The number of nitrogens with two attached hydrogens (primary N) is 1. The van der Waals surface area contributed by atoms with E-state index in [0.29, 0.717) is 5.96 Å². The molecular formula is C19H23ClN4. The van der Waals surface area contributed by atoms with Crippen molar-refractivity contribution in [1.29, 1.82) is 0 Å². The van der Waals surface area contributed by atoms with Gasteiger partial charge in [-0.25, -0.2) is 5.43 Å². The number of guanidine groups is 1. The number of aliphatic imine (C=N–C) groups is 1. The fourth-order valence-corrected chi connectivity index (χ4v) is 3.00. The van der Waals surface area contributed by atoms with Gasteiger partial charge in [-0.1, -0.05) is 49.7 Å². The number of rotatable bonds is 4. The molecule has 5 heteroatoms. The topological polar surface area (TPSA) is 62.8 Å². The molecule has 24 heavy (non-hydrogen) atoms. The number of halogens is 1. The van der Waals surface area contributed by atoms with Crippen LogP contribution < -0.4 is 11.2 Å². The van der Waals surface area contributed by atoms with Crippen LogP contribution in [0.25, 0.3) is 11.1 Å². The Morgan fingerprint density at radius 3 is 2.62 bits per heavy atom. The Morgan fingerprint density at radius 2 is 1.88 bits per heavy atom. The second-order valence-electron chi connectivity index (χ2n) is 5.73. The third-order valence-electron chi connectivity index (χ3n) is 4.16. The Kier molecular flexibility index (Phi) is 5.99. The van der Waals surface area contributed by atoms with Crippen molar-refractivity contribution < 1.29 is 0 Å². The molecule has 0 saturated carbocycles. The number of hydrogen-bond acceptors (Lipinski definition) is 2. The average Bonchev–Trinajstić information content (AvgIpc) is 2.95. The Hall–Kier alpha value is -2.33. The maximum atomic E-state index is 5.67. The van der Waals surface area contributed by atoms with Crippen LogP contribution in [0.3, 0.4) is 0 Å². The number of benzene rings is 2. The Balaban J connectivity index is 0.00000208. The molecule has 4 nitrogen and oxygen atoms in total. The maximum Gasteiger partial charge on any atom is 0.209 e. The second kappa shape index (κ2) is 7.97. The lowest BCUT2D eigenvalue weighted by atomic mass is 9.99. The summed E-state index contributed by atoms with van der Waals surface area (Å²) in [6.07, 6.45) is 2.92. The Bertz CT molecular complexity index is 781. The van der Waals surface area contributed by atoms with Gasteiger partial charge in [0.15, 0.2) is 0 Å². The lowest BCUT2D eigenvalue weighted by Gasteiger charge is -2.09. The average molecular weight is 343 g/mol. The van der Waals surface area contributed by atoms with Crippen LogP contribution in [0.5, 0.6) is 0 Å². The van der Waals surface area contributed by atoms with Crippen LogP contribution in [0.2, 0.25) is 0 Å². The van der Waals surface area contributed by atoms with Crippen LogP contribution in [0.4, 0.5) is 0 Å². The van der Waals surface area contributed by atoms with Crippen molar-refractivity contribution in [3.8, 4) is 11.1 Å². The van der Waals surface area contributed by atoms with Crippen molar-refractivity contribution >= 4 is 24.1 Å². The highest BCUT2D eigenvalue weighted by Crippen LogP contribution is 2.36. The molecule has 126 valence electrons. The van der Waals surface area contributed by atoms with Crippen molar-refractivity contribution in [2.75, 3.05) is 7.05 Å². The zero-order valence-corrected chi connectivity index (χ0v) is 14.9. The number of nitrogens with one attached hydrogen (secondary N) is 1. The summed E-state index contributed by atoms with van der Waals surface area (Å²) < 4.78 is 0. The molecule has 0 atom stereocenters.